The van der Waals surface area contributed by atoms with Gasteiger partial charge in [-0.2, -0.15) is 0 Å². The minimum absolute atomic E-state index is 0.0993. The quantitative estimate of drug-likeness (QED) is 0.822. The molecule has 2 heterocycles. The molecule has 158 valence electrons. The summed E-state index contributed by atoms with van der Waals surface area (Å²) in [5, 5.41) is 3.07. The lowest BCUT2D eigenvalue weighted by molar-refractivity contribution is -0.136. The zero-order valence-corrected chi connectivity index (χ0v) is 17.3. The predicted octanol–water partition coefficient (Wildman–Crippen LogP) is 2.34. The minimum Gasteiger partial charge on any atom is -0.497 e. The summed E-state index contributed by atoms with van der Waals surface area (Å²) in [6.45, 7) is 3.01. The summed E-state index contributed by atoms with van der Waals surface area (Å²) in [4.78, 5) is 33.9. The van der Waals surface area contributed by atoms with Crippen molar-refractivity contribution in [2.24, 2.45) is 5.92 Å². The second-order valence-corrected chi connectivity index (χ2v) is 7.86. The Balaban J connectivity index is 1.33. The molecule has 0 radical (unpaired) electrons. The molecule has 2 atom stereocenters. The second-order valence-electron chi connectivity index (χ2n) is 7.86. The van der Waals surface area contributed by atoms with Crippen LogP contribution in [0.3, 0.4) is 0 Å². The molecule has 2 aromatic rings. The van der Waals surface area contributed by atoms with Gasteiger partial charge in [0.25, 0.3) is 5.91 Å². The summed E-state index contributed by atoms with van der Waals surface area (Å²) in [7, 11) is 1.66. The van der Waals surface area contributed by atoms with Crippen LogP contribution in [0, 0.1) is 5.92 Å². The Labute approximate surface area is 177 Å². The average molecular weight is 409 g/mol. The third-order valence-electron chi connectivity index (χ3n) is 6.12. The first kappa shape index (κ1) is 20.2. The fourth-order valence-electron chi connectivity index (χ4n) is 4.40. The molecule has 1 N–H and O–H groups in total. The highest BCUT2D eigenvalue weighted by Gasteiger charge is 2.37. The lowest BCUT2D eigenvalue weighted by Crippen LogP contribution is -2.52. The van der Waals surface area contributed by atoms with E-state index in [0.29, 0.717) is 18.7 Å². The molecule has 1 aliphatic carbocycles. The number of nitrogens with zero attached hydrogens (tertiary/aromatic N) is 3. The lowest BCUT2D eigenvalue weighted by Gasteiger charge is -2.38. The van der Waals surface area contributed by atoms with Crippen LogP contribution in [-0.2, 0) is 4.79 Å². The van der Waals surface area contributed by atoms with Gasteiger partial charge in [-0.25, -0.2) is 0 Å². The van der Waals surface area contributed by atoms with Crippen molar-refractivity contribution in [2.45, 2.75) is 25.3 Å². The fraction of sp³-hybridized carbons (Fsp3) is 0.435. The van der Waals surface area contributed by atoms with Gasteiger partial charge in [-0.15, -0.1) is 0 Å². The van der Waals surface area contributed by atoms with E-state index in [9.17, 15) is 9.59 Å². The van der Waals surface area contributed by atoms with Crippen LogP contribution >= 0.6 is 0 Å². The van der Waals surface area contributed by atoms with Crippen molar-refractivity contribution in [3.05, 3.63) is 54.4 Å². The summed E-state index contributed by atoms with van der Waals surface area (Å²) in [6, 6.07) is 11.3. The molecule has 1 aliphatic heterocycles. The smallest absolute Gasteiger partial charge is 0.251 e. The zero-order valence-electron chi connectivity index (χ0n) is 17.3. The third-order valence-corrected chi connectivity index (χ3v) is 6.12. The van der Waals surface area contributed by atoms with Crippen LogP contribution in [0.1, 0.15) is 29.6 Å². The van der Waals surface area contributed by atoms with E-state index in [1.807, 2.05) is 17.0 Å². The number of amides is 2. The van der Waals surface area contributed by atoms with Crippen LogP contribution in [0.15, 0.2) is 48.8 Å². The van der Waals surface area contributed by atoms with Crippen LogP contribution in [0.2, 0.25) is 0 Å². The van der Waals surface area contributed by atoms with Gasteiger partial charge in [-0.3, -0.25) is 14.6 Å². The number of carbonyl (C=O) groups excluding carboxylic acids is 2. The number of rotatable bonds is 5. The minimum atomic E-state index is -0.136. The van der Waals surface area contributed by atoms with Gasteiger partial charge in [0, 0.05) is 55.9 Å². The van der Waals surface area contributed by atoms with Crippen molar-refractivity contribution in [3.8, 4) is 5.75 Å². The number of anilines is 1. The van der Waals surface area contributed by atoms with E-state index >= 15 is 0 Å². The van der Waals surface area contributed by atoms with Crippen LogP contribution < -0.4 is 15.0 Å². The molecular weight excluding hydrogens is 380 g/mol. The van der Waals surface area contributed by atoms with Gasteiger partial charge >= 0.3 is 0 Å². The van der Waals surface area contributed by atoms with Gasteiger partial charge in [-0.05, 0) is 49.2 Å². The van der Waals surface area contributed by atoms with Gasteiger partial charge in [0.05, 0.1) is 13.0 Å². The molecule has 30 heavy (non-hydrogen) atoms. The Hall–Kier alpha value is -3.09. The van der Waals surface area contributed by atoms with Crippen LogP contribution in [0.4, 0.5) is 5.69 Å². The van der Waals surface area contributed by atoms with E-state index in [1.54, 1.807) is 31.6 Å². The number of hydrogen-bond acceptors (Lipinski definition) is 5. The van der Waals surface area contributed by atoms with E-state index < -0.39 is 0 Å². The molecule has 1 aromatic carbocycles. The SMILES string of the molecule is COc1ccc(N2CCN(C(=O)[C@H]3CCC[C@H]3NC(=O)c3ccncc3)CC2)cc1. The summed E-state index contributed by atoms with van der Waals surface area (Å²) < 4.78 is 5.22. The van der Waals surface area contributed by atoms with Crippen molar-refractivity contribution in [1.82, 2.24) is 15.2 Å². The van der Waals surface area contributed by atoms with Crippen LogP contribution in [-0.4, -0.2) is 61.0 Å². The molecule has 0 bridgehead atoms. The molecular formula is C23H28N4O3. The summed E-state index contributed by atoms with van der Waals surface area (Å²) in [6.07, 6.45) is 5.85. The van der Waals surface area contributed by atoms with Crippen molar-refractivity contribution < 1.29 is 14.3 Å². The second kappa shape index (κ2) is 9.15. The molecule has 1 aromatic heterocycles. The summed E-state index contributed by atoms with van der Waals surface area (Å²) in [5.74, 6) is 0.741. The van der Waals surface area contributed by atoms with Crippen LogP contribution in [0.5, 0.6) is 5.75 Å². The fourth-order valence-corrected chi connectivity index (χ4v) is 4.40. The van der Waals surface area contributed by atoms with Crippen molar-refractivity contribution in [2.75, 3.05) is 38.2 Å². The summed E-state index contributed by atoms with van der Waals surface area (Å²) in [5.41, 5.74) is 1.72. The van der Waals surface area contributed by atoms with Gasteiger partial charge in [0.1, 0.15) is 5.75 Å². The van der Waals surface area contributed by atoms with Crippen molar-refractivity contribution in [3.63, 3.8) is 0 Å². The van der Waals surface area contributed by atoms with Crippen molar-refractivity contribution in [1.29, 1.82) is 0 Å². The maximum atomic E-state index is 13.2. The largest absolute Gasteiger partial charge is 0.497 e. The highest BCUT2D eigenvalue weighted by Crippen LogP contribution is 2.29. The number of pyridine rings is 1. The number of methoxy groups -OCH3 is 1. The maximum absolute atomic E-state index is 13.2. The van der Waals surface area contributed by atoms with E-state index in [2.05, 4.69) is 27.3 Å². The first-order valence-electron chi connectivity index (χ1n) is 10.5. The Kier molecular flexibility index (Phi) is 6.16. The normalized spacial score (nSPS) is 21.4. The number of hydrogen-bond donors (Lipinski definition) is 1. The molecule has 4 rings (SSSR count). The Morgan fingerprint density at radius 1 is 1.00 bits per heavy atom. The topological polar surface area (TPSA) is 74.8 Å². The number of benzene rings is 1. The highest BCUT2D eigenvalue weighted by molar-refractivity contribution is 5.94. The lowest BCUT2D eigenvalue weighted by atomic mass is 10.0. The van der Waals surface area contributed by atoms with Gasteiger partial charge < -0.3 is 19.9 Å². The number of ether oxygens (including phenoxy) is 1. The standard InChI is InChI=1S/C23H28N4O3/c1-30-19-7-5-18(6-8-19)26-13-15-27(16-14-26)23(29)20-3-2-4-21(20)25-22(28)17-9-11-24-12-10-17/h5-12,20-21H,2-4,13-16H2,1H3,(H,25,28)/t20-,21+/m0/s1. The van der Waals surface area contributed by atoms with Crippen molar-refractivity contribution >= 4 is 17.5 Å². The molecule has 2 fully saturated rings. The molecule has 1 saturated carbocycles. The van der Waals surface area contributed by atoms with Crippen LogP contribution in [0.25, 0.3) is 0 Å². The average Bonchev–Trinajstić information content (AvgIpc) is 3.27. The van der Waals surface area contributed by atoms with Gasteiger partial charge in [-0.1, -0.05) is 6.42 Å². The summed E-state index contributed by atoms with van der Waals surface area (Å²) >= 11 is 0. The monoisotopic (exact) mass is 408 g/mol. The Bertz CT molecular complexity index is 864. The Morgan fingerprint density at radius 2 is 1.70 bits per heavy atom. The van der Waals surface area contributed by atoms with Gasteiger partial charge in [0.15, 0.2) is 0 Å². The molecule has 2 amide bonds. The molecule has 2 aliphatic rings. The predicted molar refractivity (Wildman–Crippen MR) is 115 cm³/mol. The third kappa shape index (κ3) is 4.40. The molecule has 1 saturated heterocycles. The molecule has 0 unspecified atom stereocenters. The van der Waals surface area contributed by atoms with E-state index in [0.717, 1.165) is 43.8 Å². The van der Waals surface area contributed by atoms with E-state index in [-0.39, 0.29) is 23.8 Å². The first-order chi connectivity index (χ1) is 14.7. The highest BCUT2D eigenvalue weighted by atomic mass is 16.5. The van der Waals surface area contributed by atoms with E-state index in [4.69, 9.17) is 4.74 Å². The molecule has 7 heteroatoms. The molecule has 7 nitrogen and oxygen atoms in total. The number of nitrogens with one attached hydrogen (secondary N) is 1. The molecule has 0 spiro atoms. The van der Waals surface area contributed by atoms with Gasteiger partial charge in [0.2, 0.25) is 5.91 Å². The number of carbonyl (C=O) groups is 2. The zero-order chi connectivity index (χ0) is 20.9. The van der Waals surface area contributed by atoms with E-state index in [1.165, 1.54) is 0 Å². The number of aromatic nitrogens is 1. The maximum Gasteiger partial charge on any atom is 0.251 e. The first-order valence-corrected chi connectivity index (χ1v) is 10.5. The number of piperazine rings is 1. The Morgan fingerprint density at radius 3 is 2.37 bits per heavy atom.